The van der Waals surface area contributed by atoms with Gasteiger partial charge in [0, 0.05) is 11.7 Å². The molecular weight excluding hydrogens is 160 g/mol. The summed E-state index contributed by atoms with van der Waals surface area (Å²) in [5.74, 6) is 0.445. The quantitative estimate of drug-likeness (QED) is 0.682. The van der Waals surface area contributed by atoms with Crippen LogP contribution in [0.4, 0.5) is 5.69 Å². The van der Waals surface area contributed by atoms with Crippen molar-refractivity contribution in [2.75, 3.05) is 5.73 Å². The van der Waals surface area contributed by atoms with E-state index in [2.05, 4.69) is 19.9 Å². The molecule has 2 nitrogen and oxygen atoms in total. The Morgan fingerprint density at radius 3 is 2.38 bits per heavy atom. The Hall–Kier alpha value is -1.02. The molecule has 0 bridgehead atoms. The standard InChI is InChI=1S/C11H18N2/c1-7(2)11(13)9-5-4-6-10(12)8(9)3/h4-7,11H,12-13H2,1-3H3/t11-/m1/s1. The summed E-state index contributed by atoms with van der Waals surface area (Å²) >= 11 is 0. The highest BCUT2D eigenvalue weighted by molar-refractivity contribution is 5.50. The average Bonchev–Trinajstić information content (AvgIpc) is 2.08. The molecule has 1 aromatic rings. The molecule has 72 valence electrons. The maximum atomic E-state index is 6.05. The lowest BCUT2D eigenvalue weighted by atomic mass is 9.93. The molecule has 0 heterocycles. The van der Waals surface area contributed by atoms with E-state index in [0.717, 1.165) is 16.8 Å². The number of nitrogen functional groups attached to an aromatic ring is 1. The molecule has 0 saturated heterocycles. The highest BCUT2D eigenvalue weighted by atomic mass is 14.7. The third-order valence-corrected chi connectivity index (χ3v) is 2.49. The lowest BCUT2D eigenvalue weighted by Gasteiger charge is -2.19. The van der Waals surface area contributed by atoms with Crippen LogP contribution in [0.15, 0.2) is 18.2 Å². The molecule has 1 atom stereocenters. The lowest BCUT2D eigenvalue weighted by Crippen LogP contribution is -2.18. The zero-order chi connectivity index (χ0) is 10.0. The van der Waals surface area contributed by atoms with Gasteiger partial charge in [0.15, 0.2) is 0 Å². The van der Waals surface area contributed by atoms with Crippen LogP contribution in [0.2, 0.25) is 0 Å². The highest BCUT2D eigenvalue weighted by Crippen LogP contribution is 2.25. The molecule has 0 saturated carbocycles. The van der Waals surface area contributed by atoms with Gasteiger partial charge in [-0.2, -0.15) is 0 Å². The molecular formula is C11H18N2. The van der Waals surface area contributed by atoms with Crippen molar-refractivity contribution in [1.82, 2.24) is 0 Å². The van der Waals surface area contributed by atoms with Gasteiger partial charge >= 0.3 is 0 Å². The smallest absolute Gasteiger partial charge is 0.0347 e. The second kappa shape index (κ2) is 3.79. The van der Waals surface area contributed by atoms with Crippen molar-refractivity contribution >= 4 is 5.69 Å². The first-order chi connectivity index (χ1) is 6.04. The molecule has 1 rings (SSSR count). The predicted octanol–water partition coefficient (Wildman–Crippen LogP) is 2.23. The van der Waals surface area contributed by atoms with Crippen LogP contribution in [-0.4, -0.2) is 0 Å². The summed E-state index contributed by atoms with van der Waals surface area (Å²) in [6.45, 7) is 6.26. The number of nitrogens with two attached hydrogens (primary N) is 2. The SMILES string of the molecule is Cc1c(N)cccc1[C@H](N)C(C)C. The van der Waals surface area contributed by atoms with Gasteiger partial charge in [0.1, 0.15) is 0 Å². The van der Waals surface area contributed by atoms with Crippen molar-refractivity contribution in [3.05, 3.63) is 29.3 Å². The van der Waals surface area contributed by atoms with Crippen LogP contribution in [0, 0.1) is 12.8 Å². The number of hydrogen-bond donors (Lipinski definition) is 2. The van der Waals surface area contributed by atoms with Crippen molar-refractivity contribution in [3.63, 3.8) is 0 Å². The average molecular weight is 178 g/mol. The van der Waals surface area contributed by atoms with Gasteiger partial charge in [-0.05, 0) is 30.0 Å². The van der Waals surface area contributed by atoms with E-state index >= 15 is 0 Å². The fourth-order valence-corrected chi connectivity index (χ4v) is 1.39. The second-order valence-corrected chi connectivity index (χ2v) is 3.83. The Kier molecular flexibility index (Phi) is 2.94. The number of rotatable bonds is 2. The molecule has 0 fully saturated rings. The Balaban J connectivity index is 3.07. The zero-order valence-electron chi connectivity index (χ0n) is 8.54. The molecule has 0 spiro atoms. The number of benzene rings is 1. The van der Waals surface area contributed by atoms with Crippen LogP contribution in [0.5, 0.6) is 0 Å². The molecule has 0 aliphatic rings. The highest BCUT2D eigenvalue weighted by Gasteiger charge is 2.13. The van der Waals surface area contributed by atoms with Gasteiger partial charge in [-0.25, -0.2) is 0 Å². The Labute approximate surface area is 79.9 Å². The maximum Gasteiger partial charge on any atom is 0.0347 e. The fraction of sp³-hybridized carbons (Fsp3) is 0.455. The maximum absolute atomic E-state index is 6.05. The minimum atomic E-state index is 0.0866. The van der Waals surface area contributed by atoms with Crippen LogP contribution >= 0.6 is 0 Å². The largest absolute Gasteiger partial charge is 0.399 e. The van der Waals surface area contributed by atoms with E-state index in [1.807, 2.05) is 19.1 Å². The van der Waals surface area contributed by atoms with Crippen LogP contribution in [-0.2, 0) is 0 Å². The first kappa shape index (κ1) is 10.1. The van der Waals surface area contributed by atoms with E-state index in [1.54, 1.807) is 0 Å². The number of hydrogen-bond acceptors (Lipinski definition) is 2. The third-order valence-electron chi connectivity index (χ3n) is 2.49. The van der Waals surface area contributed by atoms with Crippen LogP contribution in [0.3, 0.4) is 0 Å². The summed E-state index contributed by atoms with van der Waals surface area (Å²) < 4.78 is 0. The first-order valence-electron chi connectivity index (χ1n) is 4.64. The van der Waals surface area contributed by atoms with Gasteiger partial charge in [0.25, 0.3) is 0 Å². The summed E-state index contributed by atoms with van der Waals surface area (Å²) in [6, 6.07) is 6.01. The monoisotopic (exact) mass is 178 g/mol. The normalized spacial score (nSPS) is 13.3. The molecule has 0 aromatic heterocycles. The Morgan fingerprint density at radius 1 is 1.23 bits per heavy atom. The second-order valence-electron chi connectivity index (χ2n) is 3.83. The summed E-state index contributed by atoms with van der Waals surface area (Å²) in [4.78, 5) is 0. The van der Waals surface area contributed by atoms with Gasteiger partial charge in [-0.3, -0.25) is 0 Å². The summed E-state index contributed by atoms with van der Waals surface area (Å²) in [5, 5.41) is 0. The van der Waals surface area contributed by atoms with Crippen molar-refractivity contribution in [3.8, 4) is 0 Å². The minimum absolute atomic E-state index is 0.0866. The van der Waals surface area contributed by atoms with Crippen LogP contribution in [0.1, 0.15) is 31.0 Å². The molecule has 4 N–H and O–H groups in total. The Morgan fingerprint density at radius 2 is 1.85 bits per heavy atom. The van der Waals surface area contributed by atoms with E-state index in [-0.39, 0.29) is 6.04 Å². The molecule has 0 aliphatic heterocycles. The van der Waals surface area contributed by atoms with Gasteiger partial charge in [0.05, 0.1) is 0 Å². The molecule has 13 heavy (non-hydrogen) atoms. The predicted molar refractivity (Wildman–Crippen MR) is 57.4 cm³/mol. The molecule has 2 heteroatoms. The van der Waals surface area contributed by atoms with Crippen molar-refractivity contribution in [2.24, 2.45) is 11.7 Å². The molecule has 0 aliphatic carbocycles. The number of anilines is 1. The third kappa shape index (κ3) is 2.01. The van der Waals surface area contributed by atoms with E-state index in [9.17, 15) is 0 Å². The van der Waals surface area contributed by atoms with Crippen molar-refractivity contribution < 1.29 is 0 Å². The fourth-order valence-electron chi connectivity index (χ4n) is 1.39. The topological polar surface area (TPSA) is 52.0 Å². The van der Waals surface area contributed by atoms with Crippen LogP contribution in [0.25, 0.3) is 0 Å². The summed E-state index contributed by atoms with van der Waals surface area (Å²) in [6.07, 6.45) is 0. The van der Waals surface area contributed by atoms with E-state index in [0.29, 0.717) is 5.92 Å². The van der Waals surface area contributed by atoms with Crippen molar-refractivity contribution in [1.29, 1.82) is 0 Å². The van der Waals surface area contributed by atoms with Gasteiger partial charge in [0.2, 0.25) is 0 Å². The zero-order valence-corrected chi connectivity index (χ0v) is 8.54. The van der Waals surface area contributed by atoms with E-state index in [1.165, 1.54) is 0 Å². The van der Waals surface area contributed by atoms with Gasteiger partial charge in [-0.1, -0.05) is 26.0 Å². The van der Waals surface area contributed by atoms with Crippen LogP contribution < -0.4 is 11.5 Å². The summed E-state index contributed by atoms with van der Waals surface area (Å²) in [5.41, 5.74) is 15.0. The minimum Gasteiger partial charge on any atom is -0.399 e. The van der Waals surface area contributed by atoms with Gasteiger partial charge in [-0.15, -0.1) is 0 Å². The first-order valence-corrected chi connectivity index (χ1v) is 4.64. The Bertz CT molecular complexity index is 292. The van der Waals surface area contributed by atoms with Crippen molar-refractivity contribution in [2.45, 2.75) is 26.8 Å². The lowest BCUT2D eigenvalue weighted by molar-refractivity contribution is 0.512. The van der Waals surface area contributed by atoms with E-state index < -0.39 is 0 Å². The summed E-state index contributed by atoms with van der Waals surface area (Å²) in [7, 11) is 0. The molecule has 0 amide bonds. The molecule has 0 radical (unpaired) electrons. The molecule has 0 unspecified atom stereocenters. The van der Waals surface area contributed by atoms with Gasteiger partial charge < -0.3 is 11.5 Å². The van der Waals surface area contributed by atoms with E-state index in [4.69, 9.17) is 11.5 Å². The molecule has 1 aromatic carbocycles.